The van der Waals surface area contributed by atoms with E-state index >= 15 is 0 Å². The van der Waals surface area contributed by atoms with Crippen molar-refractivity contribution >= 4 is 28.0 Å². The summed E-state index contributed by atoms with van der Waals surface area (Å²) in [7, 11) is 0. The molecule has 0 N–H and O–H groups in total. The lowest BCUT2D eigenvalue weighted by Crippen LogP contribution is -2.00. The number of halogens is 1. The van der Waals surface area contributed by atoms with Crippen LogP contribution in [0.5, 0.6) is 0 Å². The molecule has 0 aromatic carbocycles. The molecule has 1 aromatic heterocycles. The highest BCUT2D eigenvalue weighted by molar-refractivity contribution is 9.10. The lowest BCUT2D eigenvalue weighted by Gasteiger charge is -1.94. The summed E-state index contributed by atoms with van der Waals surface area (Å²) in [6.07, 6.45) is 3.15. The van der Waals surface area contributed by atoms with Crippen molar-refractivity contribution in [3.05, 3.63) is 28.5 Å². The van der Waals surface area contributed by atoms with E-state index in [1.807, 2.05) is 0 Å². The predicted molar refractivity (Wildman–Crippen MR) is 42.3 cm³/mol. The first-order valence-electron chi connectivity index (χ1n) is 2.84. The fraction of sp³-hybridized carbons (Fsp3) is 0. The number of Topliss-reactive ketones (excluding diaryl/α,β-unsaturated/α-hetero) is 1. The molecule has 1 heterocycles. The summed E-state index contributed by atoms with van der Waals surface area (Å²) in [6.45, 7) is 0. The van der Waals surface area contributed by atoms with Crippen molar-refractivity contribution in [1.82, 2.24) is 4.98 Å². The maximum absolute atomic E-state index is 10.8. The molecule has 0 aliphatic carbocycles. The molecule has 11 heavy (non-hydrogen) atoms. The summed E-state index contributed by atoms with van der Waals surface area (Å²) >= 11 is 3.12. The maximum Gasteiger partial charge on any atom is 0.228 e. The third kappa shape index (κ3) is 1.71. The molecule has 56 valence electrons. The summed E-state index contributed by atoms with van der Waals surface area (Å²) in [4.78, 5) is 24.6. The van der Waals surface area contributed by atoms with Crippen LogP contribution in [0.2, 0.25) is 0 Å². The van der Waals surface area contributed by atoms with Gasteiger partial charge in [-0.2, -0.15) is 0 Å². The lowest BCUT2D eigenvalue weighted by molar-refractivity contribution is -0.104. The van der Waals surface area contributed by atoms with Crippen LogP contribution in [0.3, 0.4) is 0 Å². The van der Waals surface area contributed by atoms with Crippen LogP contribution in [-0.4, -0.2) is 17.1 Å². The number of carbonyl (C=O) groups is 2. The standard InChI is InChI=1S/C7H4BrNO2/c8-6-1-2-9-3-5(6)7(11)4-10/h1-4H. The van der Waals surface area contributed by atoms with Crippen molar-refractivity contribution < 1.29 is 9.59 Å². The number of hydrogen-bond donors (Lipinski definition) is 0. The Balaban J connectivity index is 3.13. The Morgan fingerprint density at radius 2 is 2.36 bits per heavy atom. The minimum atomic E-state index is -0.565. The van der Waals surface area contributed by atoms with Gasteiger partial charge in [-0.25, -0.2) is 0 Å². The minimum Gasteiger partial charge on any atom is -0.294 e. The van der Waals surface area contributed by atoms with Crippen LogP contribution in [0, 0.1) is 0 Å². The number of carbonyl (C=O) groups excluding carboxylic acids is 2. The summed E-state index contributed by atoms with van der Waals surface area (Å²) in [5.74, 6) is -0.565. The van der Waals surface area contributed by atoms with Gasteiger partial charge in [-0.05, 0) is 22.0 Å². The fourth-order valence-corrected chi connectivity index (χ4v) is 1.04. The van der Waals surface area contributed by atoms with Crippen molar-refractivity contribution in [2.45, 2.75) is 0 Å². The molecule has 0 spiro atoms. The quantitative estimate of drug-likeness (QED) is 0.422. The molecule has 0 saturated heterocycles. The highest BCUT2D eigenvalue weighted by atomic mass is 79.9. The minimum absolute atomic E-state index is 0.266. The maximum atomic E-state index is 10.8. The molecule has 0 saturated carbocycles. The number of rotatable bonds is 2. The van der Waals surface area contributed by atoms with Gasteiger partial charge in [0, 0.05) is 16.9 Å². The van der Waals surface area contributed by atoms with E-state index in [4.69, 9.17) is 0 Å². The van der Waals surface area contributed by atoms with Gasteiger partial charge in [-0.15, -0.1) is 0 Å². The monoisotopic (exact) mass is 213 g/mol. The van der Waals surface area contributed by atoms with E-state index in [2.05, 4.69) is 20.9 Å². The summed E-state index contributed by atoms with van der Waals surface area (Å²) in [5.41, 5.74) is 0.294. The van der Waals surface area contributed by atoms with Gasteiger partial charge in [0.2, 0.25) is 5.78 Å². The van der Waals surface area contributed by atoms with Gasteiger partial charge in [-0.3, -0.25) is 14.6 Å². The van der Waals surface area contributed by atoms with Gasteiger partial charge < -0.3 is 0 Å². The molecule has 1 aromatic rings. The van der Waals surface area contributed by atoms with Crippen LogP contribution in [0.15, 0.2) is 22.9 Å². The second kappa shape index (κ2) is 3.39. The molecule has 0 fully saturated rings. The van der Waals surface area contributed by atoms with E-state index in [1.54, 1.807) is 6.07 Å². The average molecular weight is 214 g/mol. The van der Waals surface area contributed by atoms with Gasteiger partial charge in [0.25, 0.3) is 0 Å². The summed E-state index contributed by atoms with van der Waals surface area (Å²) in [6, 6.07) is 1.61. The van der Waals surface area contributed by atoms with Gasteiger partial charge >= 0.3 is 0 Å². The fourth-order valence-electron chi connectivity index (χ4n) is 0.622. The number of nitrogens with zero attached hydrogens (tertiary/aromatic N) is 1. The first-order valence-corrected chi connectivity index (χ1v) is 3.64. The molecular formula is C7H4BrNO2. The lowest BCUT2D eigenvalue weighted by atomic mass is 10.2. The zero-order chi connectivity index (χ0) is 8.27. The molecule has 0 bridgehead atoms. The van der Waals surface area contributed by atoms with Crippen molar-refractivity contribution in [2.75, 3.05) is 0 Å². The number of aromatic nitrogens is 1. The molecule has 0 atom stereocenters. The SMILES string of the molecule is O=CC(=O)c1cnccc1Br. The first-order chi connectivity index (χ1) is 5.25. The smallest absolute Gasteiger partial charge is 0.228 e. The molecule has 0 unspecified atom stereocenters. The van der Waals surface area contributed by atoms with E-state index < -0.39 is 5.78 Å². The van der Waals surface area contributed by atoms with Gasteiger partial charge in [0.15, 0.2) is 6.29 Å². The highest BCUT2D eigenvalue weighted by Gasteiger charge is 2.06. The van der Waals surface area contributed by atoms with E-state index in [0.29, 0.717) is 10.0 Å². The molecule has 0 aliphatic rings. The van der Waals surface area contributed by atoms with Crippen LogP contribution in [0.4, 0.5) is 0 Å². The highest BCUT2D eigenvalue weighted by Crippen LogP contribution is 2.13. The zero-order valence-electron chi connectivity index (χ0n) is 5.45. The van der Waals surface area contributed by atoms with E-state index in [1.165, 1.54) is 12.4 Å². The number of aldehydes is 1. The van der Waals surface area contributed by atoms with Crippen molar-refractivity contribution in [1.29, 1.82) is 0 Å². The van der Waals surface area contributed by atoms with Crippen LogP contribution >= 0.6 is 15.9 Å². The molecule has 3 nitrogen and oxygen atoms in total. The second-order valence-electron chi connectivity index (χ2n) is 1.84. The Morgan fingerprint density at radius 3 is 2.91 bits per heavy atom. The molecule has 1 rings (SSSR count). The van der Waals surface area contributed by atoms with E-state index in [-0.39, 0.29) is 6.29 Å². The van der Waals surface area contributed by atoms with Crippen molar-refractivity contribution in [2.24, 2.45) is 0 Å². The third-order valence-electron chi connectivity index (χ3n) is 1.14. The van der Waals surface area contributed by atoms with Crippen LogP contribution in [0.1, 0.15) is 10.4 Å². The number of ketones is 1. The number of hydrogen-bond acceptors (Lipinski definition) is 3. The Labute approximate surface area is 71.6 Å². The predicted octanol–water partition coefficient (Wildman–Crippen LogP) is 1.23. The van der Waals surface area contributed by atoms with Crippen LogP contribution in [-0.2, 0) is 4.79 Å². The van der Waals surface area contributed by atoms with Crippen LogP contribution < -0.4 is 0 Å². The number of pyridine rings is 1. The molecule has 0 amide bonds. The topological polar surface area (TPSA) is 47.0 Å². The Morgan fingerprint density at radius 1 is 1.64 bits per heavy atom. The van der Waals surface area contributed by atoms with E-state index in [9.17, 15) is 9.59 Å². The van der Waals surface area contributed by atoms with Gasteiger partial charge in [-0.1, -0.05) is 0 Å². The Kier molecular flexibility index (Phi) is 2.48. The van der Waals surface area contributed by atoms with Gasteiger partial charge in [0.05, 0.1) is 5.56 Å². The second-order valence-corrected chi connectivity index (χ2v) is 2.69. The summed E-state index contributed by atoms with van der Waals surface area (Å²) in [5, 5.41) is 0. The van der Waals surface area contributed by atoms with Crippen molar-refractivity contribution in [3.63, 3.8) is 0 Å². The molecule has 0 aliphatic heterocycles. The Hall–Kier alpha value is -1.03. The molecule has 0 radical (unpaired) electrons. The average Bonchev–Trinajstić information content (AvgIpc) is 2.04. The molecular weight excluding hydrogens is 210 g/mol. The summed E-state index contributed by atoms with van der Waals surface area (Å²) < 4.78 is 0.588. The van der Waals surface area contributed by atoms with Crippen LogP contribution in [0.25, 0.3) is 0 Å². The van der Waals surface area contributed by atoms with Gasteiger partial charge in [0.1, 0.15) is 0 Å². The third-order valence-corrected chi connectivity index (χ3v) is 1.83. The largest absolute Gasteiger partial charge is 0.294 e. The first kappa shape index (κ1) is 8.07. The van der Waals surface area contributed by atoms with E-state index in [0.717, 1.165) is 0 Å². The van der Waals surface area contributed by atoms with Crippen molar-refractivity contribution in [3.8, 4) is 0 Å². The zero-order valence-corrected chi connectivity index (χ0v) is 7.04. The normalized spacial score (nSPS) is 9.18. The molecule has 4 heteroatoms. The Bertz CT molecular complexity index is 298.